The van der Waals surface area contributed by atoms with Crippen LogP contribution in [0.15, 0.2) is 27.1 Å². The predicted molar refractivity (Wildman–Crippen MR) is 105 cm³/mol. The highest BCUT2D eigenvalue weighted by atomic mass is 79.9. The van der Waals surface area contributed by atoms with E-state index in [0.717, 1.165) is 4.47 Å². The Bertz CT molecular complexity index is 390. The number of unbranched alkanes of at least 4 members (excludes halogenated alkanes) is 8. The second-order valence-corrected chi connectivity index (χ2v) is 8.63. The minimum absolute atomic E-state index is 0.453. The first-order chi connectivity index (χ1) is 10.1. The molecule has 0 amide bonds. The molecule has 0 heterocycles. The van der Waals surface area contributed by atoms with Crippen LogP contribution >= 0.6 is 47.8 Å². The molecule has 1 unspecified atom stereocenters. The molecule has 0 fully saturated rings. The van der Waals surface area contributed by atoms with Crippen LogP contribution in [0.1, 0.15) is 81.5 Å². The van der Waals surface area contributed by atoms with Crippen molar-refractivity contribution < 1.29 is 0 Å². The number of hydrogen-bond acceptors (Lipinski definition) is 0. The van der Waals surface area contributed by atoms with Crippen LogP contribution in [0.2, 0.25) is 0 Å². The van der Waals surface area contributed by atoms with E-state index >= 15 is 0 Å². The van der Waals surface area contributed by atoms with Gasteiger partial charge >= 0.3 is 0 Å². The van der Waals surface area contributed by atoms with Gasteiger partial charge in [0.2, 0.25) is 0 Å². The van der Waals surface area contributed by atoms with Crippen molar-refractivity contribution in [1.29, 1.82) is 0 Å². The molecular weight excluding hydrogens is 456 g/mol. The fraction of sp³-hybridized carbons (Fsp3) is 0.667. The smallest absolute Gasteiger partial charge is 0.0406 e. The summed E-state index contributed by atoms with van der Waals surface area (Å²) in [5.41, 5.74) is 1.35. The third-order valence-electron chi connectivity index (χ3n) is 3.86. The fourth-order valence-electron chi connectivity index (χ4n) is 2.54. The Morgan fingerprint density at radius 3 is 2.05 bits per heavy atom. The lowest BCUT2D eigenvalue weighted by molar-refractivity contribution is 0.555. The number of halogens is 3. The van der Waals surface area contributed by atoms with Crippen molar-refractivity contribution in [3.05, 3.63) is 32.7 Å². The highest BCUT2D eigenvalue weighted by molar-refractivity contribution is 9.11. The first kappa shape index (κ1) is 19.7. The zero-order valence-electron chi connectivity index (χ0n) is 13.0. The molecule has 0 saturated carbocycles. The molecule has 120 valence electrons. The van der Waals surface area contributed by atoms with Gasteiger partial charge in [0.1, 0.15) is 0 Å². The molecule has 0 radical (unpaired) electrons. The monoisotopic (exact) mass is 480 g/mol. The lowest BCUT2D eigenvalue weighted by atomic mass is 10.0. The maximum Gasteiger partial charge on any atom is 0.0406 e. The fourth-order valence-corrected chi connectivity index (χ4v) is 4.46. The van der Waals surface area contributed by atoms with Gasteiger partial charge in [-0.05, 0) is 30.2 Å². The van der Waals surface area contributed by atoms with E-state index in [9.17, 15) is 0 Å². The Hall–Kier alpha value is 0.660. The third kappa shape index (κ3) is 8.76. The SMILES string of the molecule is CCCCCCCCCCCC(Br)c1cc(Br)ccc1Br. The van der Waals surface area contributed by atoms with Crippen LogP contribution in [0.3, 0.4) is 0 Å². The average Bonchev–Trinajstić information content (AvgIpc) is 2.48. The lowest BCUT2D eigenvalue weighted by Crippen LogP contribution is -1.92. The molecule has 0 spiro atoms. The summed E-state index contributed by atoms with van der Waals surface area (Å²) >= 11 is 11.0. The van der Waals surface area contributed by atoms with Gasteiger partial charge in [0.05, 0.1) is 0 Å². The maximum atomic E-state index is 3.83. The van der Waals surface area contributed by atoms with Gasteiger partial charge in [-0.25, -0.2) is 0 Å². The van der Waals surface area contributed by atoms with E-state index in [1.54, 1.807) is 0 Å². The Labute approximate surface area is 155 Å². The number of hydrogen-bond donors (Lipinski definition) is 0. The highest BCUT2D eigenvalue weighted by Crippen LogP contribution is 2.35. The van der Waals surface area contributed by atoms with E-state index in [1.165, 1.54) is 74.2 Å². The van der Waals surface area contributed by atoms with Gasteiger partial charge in [0, 0.05) is 13.8 Å². The molecule has 1 atom stereocenters. The van der Waals surface area contributed by atoms with Crippen LogP contribution in [0, 0.1) is 0 Å². The molecule has 3 heteroatoms. The molecule has 0 nitrogen and oxygen atoms in total. The third-order valence-corrected chi connectivity index (χ3v) is 6.02. The molecule has 21 heavy (non-hydrogen) atoms. The van der Waals surface area contributed by atoms with Gasteiger partial charge in [-0.15, -0.1) is 0 Å². The predicted octanol–water partition coefficient (Wildman–Crippen LogP) is 8.57. The summed E-state index contributed by atoms with van der Waals surface area (Å²) in [6.45, 7) is 2.28. The quantitative estimate of drug-likeness (QED) is 0.219. The van der Waals surface area contributed by atoms with Crippen molar-refractivity contribution >= 4 is 47.8 Å². The normalized spacial score (nSPS) is 12.6. The molecule has 0 bridgehead atoms. The summed E-state index contributed by atoms with van der Waals surface area (Å²) in [5.74, 6) is 0. The molecule has 1 aromatic rings. The van der Waals surface area contributed by atoms with Gasteiger partial charge in [0.15, 0.2) is 0 Å². The molecule has 0 aliphatic rings. The van der Waals surface area contributed by atoms with Crippen molar-refractivity contribution in [2.45, 2.75) is 76.0 Å². The van der Waals surface area contributed by atoms with Crippen molar-refractivity contribution in [3.8, 4) is 0 Å². The molecule has 1 aromatic carbocycles. The van der Waals surface area contributed by atoms with Crippen molar-refractivity contribution in [3.63, 3.8) is 0 Å². The van der Waals surface area contributed by atoms with Crippen LogP contribution in [0.4, 0.5) is 0 Å². The van der Waals surface area contributed by atoms with Gasteiger partial charge in [-0.3, -0.25) is 0 Å². The zero-order chi connectivity index (χ0) is 15.5. The van der Waals surface area contributed by atoms with E-state index in [0.29, 0.717) is 4.83 Å². The Balaban J connectivity index is 2.11. The summed E-state index contributed by atoms with van der Waals surface area (Å²) in [6, 6.07) is 6.40. The molecule has 0 aromatic heterocycles. The lowest BCUT2D eigenvalue weighted by Gasteiger charge is -2.12. The van der Waals surface area contributed by atoms with Crippen molar-refractivity contribution in [2.24, 2.45) is 0 Å². The van der Waals surface area contributed by atoms with E-state index in [-0.39, 0.29) is 0 Å². The molecule has 0 aliphatic carbocycles. The van der Waals surface area contributed by atoms with Gasteiger partial charge in [0.25, 0.3) is 0 Å². The molecule has 0 saturated heterocycles. The summed E-state index contributed by atoms with van der Waals surface area (Å²) in [4.78, 5) is 0.453. The van der Waals surface area contributed by atoms with Crippen LogP contribution in [0.25, 0.3) is 0 Å². The first-order valence-electron chi connectivity index (χ1n) is 8.24. The molecule has 0 aliphatic heterocycles. The summed E-state index contributed by atoms with van der Waals surface area (Å²) in [6.07, 6.45) is 13.7. The highest BCUT2D eigenvalue weighted by Gasteiger charge is 2.11. The summed E-state index contributed by atoms with van der Waals surface area (Å²) in [7, 11) is 0. The number of alkyl halides is 1. The van der Waals surface area contributed by atoms with Crippen LogP contribution < -0.4 is 0 Å². The van der Waals surface area contributed by atoms with Gasteiger partial charge < -0.3 is 0 Å². The van der Waals surface area contributed by atoms with E-state index < -0.39 is 0 Å². The van der Waals surface area contributed by atoms with E-state index in [4.69, 9.17) is 0 Å². The molecular formula is C18H27Br3. The standard InChI is InChI=1S/C18H27Br3/c1-2-3-4-5-6-7-8-9-10-11-17(20)16-14-15(19)12-13-18(16)21/h12-14,17H,2-11H2,1H3. The number of benzene rings is 1. The van der Waals surface area contributed by atoms with Crippen LogP contribution in [-0.4, -0.2) is 0 Å². The number of rotatable bonds is 11. The van der Waals surface area contributed by atoms with Crippen LogP contribution in [0.5, 0.6) is 0 Å². The maximum absolute atomic E-state index is 3.83. The minimum atomic E-state index is 0.453. The van der Waals surface area contributed by atoms with Gasteiger partial charge in [-0.1, -0.05) is 113 Å². The Morgan fingerprint density at radius 2 is 1.43 bits per heavy atom. The molecule has 0 N–H and O–H groups in total. The minimum Gasteiger partial charge on any atom is -0.0838 e. The van der Waals surface area contributed by atoms with E-state index in [1.807, 2.05) is 0 Å². The van der Waals surface area contributed by atoms with Crippen molar-refractivity contribution in [2.75, 3.05) is 0 Å². The van der Waals surface area contributed by atoms with Crippen molar-refractivity contribution in [1.82, 2.24) is 0 Å². The second kappa shape index (κ2) is 12.1. The zero-order valence-corrected chi connectivity index (χ0v) is 17.8. The largest absolute Gasteiger partial charge is 0.0838 e. The summed E-state index contributed by atoms with van der Waals surface area (Å²) < 4.78 is 2.35. The topological polar surface area (TPSA) is 0 Å². The van der Waals surface area contributed by atoms with Gasteiger partial charge in [-0.2, -0.15) is 0 Å². The Morgan fingerprint density at radius 1 is 0.857 bits per heavy atom. The van der Waals surface area contributed by atoms with Crippen LogP contribution in [-0.2, 0) is 0 Å². The average molecular weight is 483 g/mol. The Kier molecular flexibility index (Phi) is 11.4. The molecule has 1 rings (SSSR count). The second-order valence-electron chi connectivity index (χ2n) is 5.75. The summed E-state index contributed by atoms with van der Waals surface area (Å²) in [5, 5.41) is 0. The first-order valence-corrected chi connectivity index (χ1v) is 10.7. The van der Waals surface area contributed by atoms with E-state index in [2.05, 4.69) is 72.9 Å².